The lowest BCUT2D eigenvalue weighted by molar-refractivity contribution is -0.333. The lowest BCUT2D eigenvalue weighted by Crippen LogP contribution is -2.62. The van der Waals surface area contributed by atoms with E-state index in [2.05, 4.69) is 0 Å². The zero-order valence-corrected chi connectivity index (χ0v) is 18.8. The first kappa shape index (κ1) is 30.6. The Morgan fingerprint density at radius 3 is 1.74 bits per heavy atom. The molecule has 0 unspecified atom stereocenters. The van der Waals surface area contributed by atoms with Crippen LogP contribution in [0, 0.1) is 0 Å². The van der Waals surface area contributed by atoms with Crippen LogP contribution in [0.3, 0.4) is 0 Å². The largest absolute Gasteiger partial charge is 0.394 e. The lowest BCUT2D eigenvalue weighted by atomic mass is 9.98. The maximum absolute atomic E-state index is 10.9. The molecule has 2 saturated heterocycles. The summed E-state index contributed by atoms with van der Waals surface area (Å²) in [5.74, 6) is 0. The molecule has 11 N–H and O–H groups in total. The molecule has 16 nitrogen and oxygen atoms in total. The number of carbonyl (C=O) groups is 1. The summed E-state index contributed by atoms with van der Waals surface area (Å²) < 4.78 is 20.8. The van der Waals surface area contributed by atoms with Gasteiger partial charge in [-0.3, -0.25) is 4.79 Å². The van der Waals surface area contributed by atoms with Crippen molar-refractivity contribution in [2.45, 2.75) is 85.8 Å². The highest BCUT2D eigenvalue weighted by Gasteiger charge is 2.47. The summed E-state index contributed by atoms with van der Waals surface area (Å²) in [6.45, 7) is -2.19. The predicted molar refractivity (Wildman–Crippen MR) is 107 cm³/mol. The fourth-order valence-corrected chi connectivity index (χ4v) is 3.56. The molecule has 0 aromatic rings. The molecular weight excluding hydrogens is 508 g/mol. The first-order chi connectivity index (χ1) is 16.3. The fourth-order valence-electron chi connectivity index (χ4n) is 3.43. The molecule has 0 aromatic carbocycles. The predicted octanol–water partition coefficient (Wildman–Crippen LogP) is -7.16. The summed E-state index contributed by atoms with van der Waals surface area (Å²) in [7, 11) is 0. The molecule has 0 bridgehead atoms. The van der Waals surface area contributed by atoms with Crippen LogP contribution < -0.4 is 0 Å². The third-order valence-electron chi connectivity index (χ3n) is 5.67. The lowest BCUT2D eigenvalue weighted by Gasteiger charge is -2.42. The Morgan fingerprint density at radius 2 is 1.23 bits per heavy atom. The zero-order chi connectivity index (χ0) is 26.6. The molecule has 0 radical (unpaired) electrons. The SMILES string of the molecule is O=C(Cl)[C@H](O)[C@@H](O)[C@H](O)[C@H](O)CO[C@H]1O[C@H](CO[C@H]2O[C@H](CO)[C@@H](O)[C@H](O)[C@H]2O)[C@@H](O)[C@H](O)[C@H]1O. The fraction of sp³-hybridized carbons (Fsp3) is 0.944. The second kappa shape index (κ2) is 13.2. The van der Waals surface area contributed by atoms with Crippen LogP contribution in [0.15, 0.2) is 0 Å². The molecule has 17 heteroatoms. The maximum Gasteiger partial charge on any atom is 0.253 e. The minimum Gasteiger partial charge on any atom is -0.394 e. The Balaban J connectivity index is 1.96. The van der Waals surface area contributed by atoms with Crippen LogP contribution >= 0.6 is 11.6 Å². The van der Waals surface area contributed by atoms with Crippen LogP contribution in [0.2, 0.25) is 0 Å². The molecule has 2 heterocycles. The highest BCUT2D eigenvalue weighted by Crippen LogP contribution is 2.26. The average molecular weight is 539 g/mol. The number of aliphatic hydroxyl groups is 11. The Labute approximate surface area is 203 Å². The van der Waals surface area contributed by atoms with Crippen molar-refractivity contribution in [2.75, 3.05) is 19.8 Å². The van der Waals surface area contributed by atoms with Crippen LogP contribution in [0.1, 0.15) is 0 Å². The number of ether oxygens (including phenoxy) is 4. The maximum atomic E-state index is 10.9. The molecule has 0 aliphatic carbocycles. The Kier molecular flexibility index (Phi) is 11.6. The van der Waals surface area contributed by atoms with E-state index < -0.39 is 111 Å². The third-order valence-corrected chi connectivity index (χ3v) is 5.90. The number of rotatable bonds is 11. The van der Waals surface area contributed by atoms with Crippen LogP contribution in [0.4, 0.5) is 0 Å². The molecule has 206 valence electrons. The molecule has 2 fully saturated rings. The van der Waals surface area contributed by atoms with Gasteiger partial charge >= 0.3 is 0 Å². The number of aliphatic hydroxyl groups excluding tert-OH is 11. The van der Waals surface area contributed by atoms with Crippen LogP contribution in [0.5, 0.6) is 0 Å². The highest BCUT2D eigenvalue weighted by atomic mass is 35.5. The molecule has 2 aliphatic heterocycles. The van der Waals surface area contributed by atoms with E-state index in [9.17, 15) is 61.0 Å². The van der Waals surface area contributed by atoms with Gasteiger partial charge in [0.25, 0.3) is 5.24 Å². The quantitative estimate of drug-likeness (QED) is 0.109. The van der Waals surface area contributed by atoms with E-state index in [1.54, 1.807) is 0 Å². The van der Waals surface area contributed by atoms with Gasteiger partial charge < -0.3 is 75.1 Å². The van der Waals surface area contributed by atoms with Gasteiger partial charge in [0.2, 0.25) is 0 Å². The molecule has 0 amide bonds. The minimum atomic E-state index is -2.21. The smallest absolute Gasteiger partial charge is 0.253 e. The summed E-state index contributed by atoms with van der Waals surface area (Å²) in [5.41, 5.74) is 0. The molecule has 0 saturated carbocycles. The summed E-state index contributed by atoms with van der Waals surface area (Å²) >= 11 is 5.01. The van der Waals surface area contributed by atoms with E-state index in [0.29, 0.717) is 0 Å². The van der Waals surface area contributed by atoms with Crippen molar-refractivity contribution >= 4 is 16.8 Å². The van der Waals surface area contributed by atoms with Gasteiger partial charge in [-0.2, -0.15) is 0 Å². The molecule has 35 heavy (non-hydrogen) atoms. The second-order valence-corrected chi connectivity index (χ2v) is 8.55. The van der Waals surface area contributed by atoms with E-state index in [-0.39, 0.29) is 0 Å². The first-order valence-electron chi connectivity index (χ1n) is 10.5. The summed E-state index contributed by atoms with van der Waals surface area (Å²) in [5, 5.41) is 107. The molecule has 2 rings (SSSR count). The number of hydrogen-bond donors (Lipinski definition) is 11. The molecule has 2 aliphatic rings. The average Bonchev–Trinajstić information content (AvgIpc) is 2.84. The standard InChI is InChI=1S/C18H31ClO16/c19-16(31)13(28)10(25)7(22)4(21)2-32-17-15(30)12(27)9(24)6(35-17)3-33-18-14(29)11(26)8(23)5(1-20)34-18/h4-15,17-18,20-30H,1-3H2/t4-,5-,6-,7-,8-,9-,10+,11+,12+,13-,14-,15-,17+,18+/m1/s1. The number of halogens is 1. The van der Waals surface area contributed by atoms with Crippen LogP contribution in [-0.4, -0.2) is 167 Å². The summed E-state index contributed by atoms with van der Waals surface area (Å²) in [6.07, 6.45) is -25.0. The van der Waals surface area contributed by atoms with Crippen molar-refractivity contribution < 1.29 is 79.9 Å². The molecule has 0 spiro atoms. The van der Waals surface area contributed by atoms with Crippen LogP contribution in [0.25, 0.3) is 0 Å². The van der Waals surface area contributed by atoms with Crippen molar-refractivity contribution in [1.29, 1.82) is 0 Å². The van der Waals surface area contributed by atoms with Gasteiger partial charge in [-0.15, -0.1) is 0 Å². The first-order valence-corrected chi connectivity index (χ1v) is 10.8. The normalized spacial score (nSPS) is 41.7. The van der Waals surface area contributed by atoms with Gasteiger partial charge in [-0.25, -0.2) is 0 Å². The van der Waals surface area contributed by atoms with Gasteiger partial charge in [0.1, 0.15) is 67.1 Å². The van der Waals surface area contributed by atoms with Crippen molar-refractivity contribution in [3.63, 3.8) is 0 Å². The van der Waals surface area contributed by atoms with E-state index in [4.69, 9.17) is 30.5 Å². The second-order valence-electron chi connectivity index (χ2n) is 8.18. The Morgan fingerprint density at radius 1 is 0.743 bits per heavy atom. The van der Waals surface area contributed by atoms with E-state index in [1.165, 1.54) is 0 Å². The Bertz CT molecular complexity index is 670. The third kappa shape index (κ3) is 7.23. The highest BCUT2D eigenvalue weighted by molar-refractivity contribution is 6.64. The van der Waals surface area contributed by atoms with Crippen LogP contribution in [-0.2, 0) is 23.7 Å². The van der Waals surface area contributed by atoms with E-state index in [0.717, 1.165) is 0 Å². The minimum absolute atomic E-state index is 0.624. The van der Waals surface area contributed by atoms with E-state index in [1.807, 2.05) is 0 Å². The van der Waals surface area contributed by atoms with Crippen molar-refractivity contribution in [2.24, 2.45) is 0 Å². The number of hydrogen-bond acceptors (Lipinski definition) is 16. The van der Waals surface area contributed by atoms with Gasteiger partial charge in [0.05, 0.1) is 19.8 Å². The van der Waals surface area contributed by atoms with Crippen molar-refractivity contribution in [1.82, 2.24) is 0 Å². The van der Waals surface area contributed by atoms with Crippen molar-refractivity contribution in [3.8, 4) is 0 Å². The zero-order valence-electron chi connectivity index (χ0n) is 18.0. The summed E-state index contributed by atoms with van der Waals surface area (Å²) in [6, 6.07) is 0. The van der Waals surface area contributed by atoms with E-state index >= 15 is 0 Å². The topological polar surface area (TPSA) is 277 Å². The molecule has 14 atom stereocenters. The van der Waals surface area contributed by atoms with Gasteiger partial charge in [0.15, 0.2) is 18.7 Å². The van der Waals surface area contributed by atoms with Crippen molar-refractivity contribution in [3.05, 3.63) is 0 Å². The summed E-state index contributed by atoms with van der Waals surface area (Å²) in [4.78, 5) is 10.9. The monoisotopic (exact) mass is 538 g/mol. The number of carbonyl (C=O) groups excluding carboxylic acids is 1. The van der Waals surface area contributed by atoms with Gasteiger partial charge in [-0.1, -0.05) is 0 Å². The molecule has 0 aromatic heterocycles. The van der Waals surface area contributed by atoms with Gasteiger partial charge in [-0.05, 0) is 11.6 Å². The Hall–Kier alpha value is -0.640. The van der Waals surface area contributed by atoms with Gasteiger partial charge in [0, 0.05) is 0 Å². The molecular formula is C18H31ClO16.